The van der Waals surface area contributed by atoms with Crippen LogP contribution in [0.2, 0.25) is 0 Å². The van der Waals surface area contributed by atoms with E-state index in [1.165, 1.54) is 11.6 Å². The third-order valence-electron chi connectivity index (χ3n) is 5.37. The molecule has 2 aromatic carbocycles. The van der Waals surface area contributed by atoms with Crippen molar-refractivity contribution in [1.29, 1.82) is 0 Å². The van der Waals surface area contributed by atoms with Gasteiger partial charge in [0.2, 0.25) is 0 Å². The molecule has 6 heteroatoms. The zero-order chi connectivity index (χ0) is 21.8. The van der Waals surface area contributed by atoms with Crippen LogP contribution in [-0.4, -0.2) is 26.5 Å². The number of rotatable bonds is 6. The Balaban J connectivity index is 1.56. The van der Waals surface area contributed by atoms with Crippen LogP contribution >= 0.6 is 12.2 Å². The maximum absolute atomic E-state index is 13.9. The number of hydrogen-bond acceptors (Lipinski definition) is 2. The lowest BCUT2D eigenvalue weighted by Crippen LogP contribution is -2.36. The van der Waals surface area contributed by atoms with E-state index in [4.69, 9.17) is 12.2 Å². The second kappa shape index (κ2) is 9.27. The monoisotopic (exact) mass is 432 g/mol. The van der Waals surface area contributed by atoms with Crippen LogP contribution in [0.1, 0.15) is 22.4 Å². The van der Waals surface area contributed by atoms with Gasteiger partial charge in [-0.1, -0.05) is 18.2 Å². The van der Waals surface area contributed by atoms with Crippen LogP contribution in [0.4, 0.5) is 10.1 Å². The van der Waals surface area contributed by atoms with E-state index in [1.54, 1.807) is 18.3 Å². The van der Waals surface area contributed by atoms with Crippen molar-refractivity contribution in [3.05, 3.63) is 95.2 Å². The molecule has 0 amide bonds. The zero-order valence-corrected chi connectivity index (χ0v) is 18.5. The van der Waals surface area contributed by atoms with E-state index in [2.05, 4.69) is 39.2 Å². The summed E-state index contributed by atoms with van der Waals surface area (Å²) < 4.78 is 13.9. The number of aromatic nitrogens is 2. The van der Waals surface area contributed by atoms with E-state index in [1.807, 2.05) is 37.4 Å². The summed E-state index contributed by atoms with van der Waals surface area (Å²) in [5.74, 6) is -0.225. The van der Waals surface area contributed by atoms with Crippen molar-refractivity contribution in [2.45, 2.75) is 26.8 Å². The molecule has 0 saturated heterocycles. The summed E-state index contributed by atoms with van der Waals surface area (Å²) in [6.07, 6.45) is 4.36. The van der Waals surface area contributed by atoms with Gasteiger partial charge >= 0.3 is 0 Å². The number of pyridine rings is 1. The summed E-state index contributed by atoms with van der Waals surface area (Å²) in [5.41, 5.74) is 6.34. The first-order chi connectivity index (χ1) is 15.0. The van der Waals surface area contributed by atoms with Crippen molar-refractivity contribution in [2.24, 2.45) is 0 Å². The van der Waals surface area contributed by atoms with Crippen LogP contribution < -0.4 is 5.32 Å². The molecule has 2 heterocycles. The number of benzene rings is 2. The quantitative estimate of drug-likeness (QED) is 0.380. The van der Waals surface area contributed by atoms with Crippen molar-refractivity contribution in [2.75, 3.05) is 11.9 Å². The predicted molar refractivity (Wildman–Crippen MR) is 129 cm³/mol. The van der Waals surface area contributed by atoms with Gasteiger partial charge in [-0.15, -0.1) is 0 Å². The summed E-state index contributed by atoms with van der Waals surface area (Å²) in [5, 5.41) is 4.94. The number of aromatic amines is 1. The zero-order valence-electron chi connectivity index (χ0n) is 17.7. The fourth-order valence-electron chi connectivity index (χ4n) is 3.81. The van der Waals surface area contributed by atoms with Gasteiger partial charge < -0.3 is 15.2 Å². The van der Waals surface area contributed by atoms with E-state index in [0.717, 1.165) is 39.8 Å². The summed E-state index contributed by atoms with van der Waals surface area (Å²) in [4.78, 5) is 9.72. The minimum Gasteiger partial charge on any atom is -0.358 e. The topological polar surface area (TPSA) is 44.0 Å². The molecule has 0 radical (unpaired) electrons. The molecule has 2 N–H and O–H groups in total. The minimum atomic E-state index is -0.225. The van der Waals surface area contributed by atoms with Crippen LogP contribution in [0.25, 0.3) is 10.9 Å². The predicted octanol–water partition coefficient (Wildman–Crippen LogP) is 5.76. The van der Waals surface area contributed by atoms with Crippen molar-refractivity contribution in [3.8, 4) is 0 Å². The molecular weight excluding hydrogens is 407 g/mol. The Morgan fingerprint density at radius 3 is 2.77 bits per heavy atom. The molecule has 158 valence electrons. The van der Waals surface area contributed by atoms with Gasteiger partial charge in [0.25, 0.3) is 0 Å². The first kappa shape index (κ1) is 21.0. The maximum atomic E-state index is 13.9. The largest absolute Gasteiger partial charge is 0.358 e. The highest BCUT2D eigenvalue weighted by molar-refractivity contribution is 7.80. The molecule has 31 heavy (non-hydrogen) atoms. The lowest BCUT2D eigenvalue weighted by Gasteiger charge is -2.26. The van der Waals surface area contributed by atoms with Gasteiger partial charge in [-0.25, -0.2) is 4.39 Å². The SMILES string of the molecule is Cc1cccc(NC(=S)N(CCc2c(C)[nH]c3ccc(F)cc23)Cc2cccnc2)c1. The van der Waals surface area contributed by atoms with Gasteiger partial charge in [-0.05, 0) is 85.6 Å². The van der Waals surface area contributed by atoms with Crippen LogP contribution in [0.5, 0.6) is 0 Å². The number of hydrogen-bond donors (Lipinski definition) is 2. The molecule has 0 aliphatic carbocycles. The number of aryl methyl sites for hydroxylation is 2. The molecule has 0 fully saturated rings. The maximum Gasteiger partial charge on any atom is 0.173 e. The fourth-order valence-corrected chi connectivity index (χ4v) is 4.09. The highest BCUT2D eigenvalue weighted by Crippen LogP contribution is 2.24. The third kappa shape index (κ3) is 5.09. The normalized spacial score (nSPS) is 10.9. The second-order valence-corrected chi connectivity index (χ2v) is 8.14. The molecule has 0 atom stereocenters. The first-order valence-corrected chi connectivity index (χ1v) is 10.7. The van der Waals surface area contributed by atoms with Gasteiger partial charge in [0.1, 0.15) is 5.82 Å². The van der Waals surface area contributed by atoms with E-state index in [9.17, 15) is 4.39 Å². The molecule has 4 nitrogen and oxygen atoms in total. The molecule has 0 unspecified atom stereocenters. The molecule has 4 rings (SSSR count). The molecular formula is C25H25FN4S. The number of halogens is 1. The summed E-state index contributed by atoms with van der Waals surface area (Å²) in [7, 11) is 0. The van der Waals surface area contributed by atoms with Crippen LogP contribution in [-0.2, 0) is 13.0 Å². The highest BCUT2D eigenvalue weighted by atomic mass is 32.1. The van der Waals surface area contributed by atoms with Crippen LogP contribution in [0.3, 0.4) is 0 Å². The Labute approximate surface area is 187 Å². The molecule has 0 spiro atoms. The highest BCUT2D eigenvalue weighted by Gasteiger charge is 2.15. The number of nitrogens with zero attached hydrogens (tertiary/aromatic N) is 2. The number of H-pyrrole nitrogens is 1. The third-order valence-corrected chi connectivity index (χ3v) is 5.73. The van der Waals surface area contributed by atoms with E-state index in [-0.39, 0.29) is 5.82 Å². The lowest BCUT2D eigenvalue weighted by molar-refractivity contribution is 0.422. The molecule has 0 aliphatic heterocycles. The standard InChI is InChI=1S/C25H25FN4S/c1-17-5-3-7-21(13-17)29-25(31)30(16-19-6-4-11-27-15-19)12-10-22-18(2)28-24-9-8-20(26)14-23(22)24/h3-9,11,13-15,28H,10,12,16H2,1-2H3,(H,29,31). The van der Waals surface area contributed by atoms with Crippen molar-refractivity contribution < 1.29 is 4.39 Å². The molecule has 4 aromatic rings. The Kier molecular flexibility index (Phi) is 6.28. The molecule has 2 aromatic heterocycles. The number of anilines is 1. The lowest BCUT2D eigenvalue weighted by atomic mass is 10.1. The van der Waals surface area contributed by atoms with Gasteiger partial charge in [0.15, 0.2) is 5.11 Å². The van der Waals surface area contributed by atoms with Crippen molar-refractivity contribution in [1.82, 2.24) is 14.9 Å². The smallest absolute Gasteiger partial charge is 0.173 e. The van der Waals surface area contributed by atoms with Gasteiger partial charge in [0.05, 0.1) is 0 Å². The van der Waals surface area contributed by atoms with E-state index >= 15 is 0 Å². The number of fused-ring (bicyclic) bond motifs is 1. The summed E-state index contributed by atoms with van der Waals surface area (Å²) >= 11 is 5.77. The summed E-state index contributed by atoms with van der Waals surface area (Å²) in [6, 6.07) is 17.0. The minimum absolute atomic E-state index is 0.225. The molecule has 0 bridgehead atoms. The van der Waals surface area contributed by atoms with Gasteiger partial charge in [0, 0.05) is 47.8 Å². The fraction of sp³-hybridized carbons (Fsp3) is 0.200. The second-order valence-electron chi connectivity index (χ2n) is 7.75. The number of thiocarbonyl (C=S) groups is 1. The summed E-state index contributed by atoms with van der Waals surface area (Å²) in [6.45, 7) is 5.42. The van der Waals surface area contributed by atoms with Crippen LogP contribution in [0.15, 0.2) is 67.0 Å². The molecule has 0 aliphatic rings. The average Bonchev–Trinajstić information content (AvgIpc) is 3.06. The van der Waals surface area contributed by atoms with Crippen molar-refractivity contribution >= 4 is 33.9 Å². The number of nitrogens with one attached hydrogen (secondary N) is 2. The Hall–Kier alpha value is -3.25. The van der Waals surface area contributed by atoms with E-state index < -0.39 is 0 Å². The van der Waals surface area contributed by atoms with Gasteiger partial charge in [-0.2, -0.15) is 0 Å². The Bertz CT molecular complexity index is 1200. The van der Waals surface area contributed by atoms with E-state index in [0.29, 0.717) is 18.2 Å². The first-order valence-electron chi connectivity index (χ1n) is 10.3. The van der Waals surface area contributed by atoms with Gasteiger partial charge in [-0.3, -0.25) is 4.98 Å². The Morgan fingerprint density at radius 1 is 1.13 bits per heavy atom. The Morgan fingerprint density at radius 2 is 2.00 bits per heavy atom. The average molecular weight is 433 g/mol. The molecule has 0 saturated carbocycles. The van der Waals surface area contributed by atoms with Crippen molar-refractivity contribution in [3.63, 3.8) is 0 Å². The van der Waals surface area contributed by atoms with Crippen LogP contribution in [0, 0.1) is 19.7 Å².